The van der Waals surface area contributed by atoms with E-state index in [1.807, 2.05) is 12.1 Å². The second kappa shape index (κ2) is 5.13. The molecule has 1 aliphatic rings. The first kappa shape index (κ1) is 13.3. The molecule has 2 N–H and O–H groups in total. The highest BCUT2D eigenvalue weighted by Gasteiger charge is 2.28. The van der Waals surface area contributed by atoms with Gasteiger partial charge in [-0.25, -0.2) is 0 Å². The lowest BCUT2D eigenvalue weighted by Crippen LogP contribution is -2.24. The van der Waals surface area contributed by atoms with Gasteiger partial charge in [-0.15, -0.1) is 11.3 Å². The van der Waals surface area contributed by atoms with E-state index in [1.165, 1.54) is 15.6 Å². The van der Waals surface area contributed by atoms with E-state index in [2.05, 4.69) is 51.6 Å². The molecule has 106 valence electrons. The van der Waals surface area contributed by atoms with Crippen LogP contribution in [-0.2, 0) is 0 Å². The number of hydrogen-bond donors (Lipinski definition) is 1. The fourth-order valence-electron chi connectivity index (χ4n) is 2.91. The summed E-state index contributed by atoms with van der Waals surface area (Å²) in [4.78, 5) is 0. The number of halogens is 1. The molecule has 0 bridgehead atoms. The van der Waals surface area contributed by atoms with E-state index in [0.29, 0.717) is 0 Å². The average Bonchev–Trinajstić information content (AvgIpc) is 2.92. The number of rotatable bonds is 1. The Morgan fingerprint density at radius 1 is 1.14 bits per heavy atom. The summed E-state index contributed by atoms with van der Waals surface area (Å²) in [6.45, 7) is 0. The third kappa shape index (κ3) is 2.27. The van der Waals surface area contributed by atoms with E-state index < -0.39 is 0 Å². The van der Waals surface area contributed by atoms with Gasteiger partial charge in [0.25, 0.3) is 0 Å². The van der Waals surface area contributed by atoms with Gasteiger partial charge in [0, 0.05) is 32.8 Å². The van der Waals surface area contributed by atoms with Gasteiger partial charge in [-0.3, -0.25) is 0 Å². The molecule has 4 rings (SSSR count). The van der Waals surface area contributed by atoms with E-state index in [1.54, 1.807) is 11.3 Å². The predicted octanol–water partition coefficient (Wildman–Crippen LogP) is 5.19. The molecule has 0 aliphatic carbocycles. The molecule has 0 saturated carbocycles. The van der Waals surface area contributed by atoms with Crippen molar-refractivity contribution in [1.29, 1.82) is 0 Å². The lowest BCUT2D eigenvalue weighted by atomic mass is 9.93. The third-order valence-electron chi connectivity index (χ3n) is 3.97. The number of benzene rings is 2. The molecule has 1 unspecified atom stereocenters. The van der Waals surface area contributed by atoms with E-state index in [4.69, 9.17) is 10.5 Å². The minimum Gasteiger partial charge on any atom is -0.485 e. The van der Waals surface area contributed by atoms with Crippen LogP contribution in [0.4, 0.5) is 0 Å². The normalized spacial score (nSPS) is 21.0. The Morgan fingerprint density at radius 3 is 2.90 bits per heavy atom. The summed E-state index contributed by atoms with van der Waals surface area (Å²) in [6.07, 6.45) is 0.842. The third-order valence-corrected chi connectivity index (χ3v) is 5.44. The lowest BCUT2D eigenvalue weighted by molar-refractivity contribution is 0.163. The maximum Gasteiger partial charge on any atom is 0.127 e. The minimum atomic E-state index is 0.00918. The highest BCUT2D eigenvalue weighted by molar-refractivity contribution is 9.10. The number of nitrogens with two attached hydrogens (primary N) is 1. The smallest absolute Gasteiger partial charge is 0.127 e. The van der Waals surface area contributed by atoms with Crippen molar-refractivity contribution in [3.63, 3.8) is 0 Å². The van der Waals surface area contributed by atoms with Gasteiger partial charge in [-0.1, -0.05) is 34.1 Å². The van der Waals surface area contributed by atoms with E-state index in [-0.39, 0.29) is 12.1 Å². The summed E-state index contributed by atoms with van der Waals surface area (Å²) < 4.78 is 8.55. The van der Waals surface area contributed by atoms with Gasteiger partial charge in [0.2, 0.25) is 0 Å². The van der Waals surface area contributed by atoms with Crippen molar-refractivity contribution in [2.45, 2.75) is 18.6 Å². The summed E-state index contributed by atoms with van der Waals surface area (Å²) >= 11 is 5.26. The first-order valence-corrected chi connectivity index (χ1v) is 8.57. The zero-order chi connectivity index (χ0) is 14.4. The van der Waals surface area contributed by atoms with Crippen molar-refractivity contribution in [1.82, 2.24) is 0 Å². The van der Waals surface area contributed by atoms with Gasteiger partial charge in [0.1, 0.15) is 11.9 Å². The van der Waals surface area contributed by atoms with E-state index >= 15 is 0 Å². The van der Waals surface area contributed by atoms with Crippen LogP contribution in [0.2, 0.25) is 0 Å². The van der Waals surface area contributed by atoms with Crippen molar-refractivity contribution >= 4 is 37.4 Å². The van der Waals surface area contributed by atoms with Crippen LogP contribution < -0.4 is 10.5 Å². The standard InChI is InChI=1S/C17H14BrNOS/c18-10-5-6-15-12(7-10)14(19)8-16(20-15)13-9-21-17-4-2-1-3-11(13)17/h1-7,9,14,16H,8,19H2/t14-,16?/m1/s1. The Balaban J connectivity index is 1.76. The molecule has 2 aromatic carbocycles. The molecule has 2 nitrogen and oxygen atoms in total. The van der Waals surface area contributed by atoms with E-state index in [9.17, 15) is 0 Å². The number of thiophene rings is 1. The molecule has 2 heterocycles. The van der Waals surface area contributed by atoms with Crippen LogP contribution in [0, 0.1) is 0 Å². The van der Waals surface area contributed by atoms with Crippen LogP contribution in [0.25, 0.3) is 10.1 Å². The van der Waals surface area contributed by atoms with Crippen molar-refractivity contribution < 1.29 is 4.74 Å². The van der Waals surface area contributed by atoms with Crippen molar-refractivity contribution in [3.8, 4) is 5.75 Å². The largest absolute Gasteiger partial charge is 0.485 e. The monoisotopic (exact) mass is 359 g/mol. The van der Waals surface area contributed by atoms with Crippen LogP contribution in [0.5, 0.6) is 5.75 Å². The highest BCUT2D eigenvalue weighted by atomic mass is 79.9. The zero-order valence-corrected chi connectivity index (χ0v) is 13.7. The van der Waals surface area contributed by atoms with Gasteiger partial charge in [0.05, 0.1) is 0 Å². The maximum atomic E-state index is 6.36. The topological polar surface area (TPSA) is 35.2 Å². The van der Waals surface area contributed by atoms with Crippen LogP contribution in [0.1, 0.15) is 29.7 Å². The molecule has 1 aliphatic heterocycles. The molecule has 21 heavy (non-hydrogen) atoms. The Labute approximate surface area is 135 Å². The molecule has 0 saturated heterocycles. The molecular formula is C17H14BrNOS. The summed E-state index contributed by atoms with van der Waals surface area (Å²) in [5.74, 6) is 0.900. The zero-order valence-electron chi connectivity index (χ0n) is 11.3. The van der Waals surface area contributed by atoms with Crippen molar-refractivity contribution in [2.24, 2.45) is 5.73 Å². The first-order chi connectivity index (χ1) is 10.2. The summed E-state index contributed by atoms with van der Waals surface area (Å²) in [7, 11) is 0. The molecule has 0 amide bonds. The van der Waals surface area contributed by atoms with Crippen LogP contribution in [-0.4, -0.2) is 0 Å². The Bertz CT molecular complexity index is 813. The number of ether oxygens (including phenoxy) is 1. The Kier molecular flexibility index (Phi) is 3.25. The molecule has 0 radical (unpaired) electrons. The van der Waals surface area contributed by atoms with Crippen molar-refractivity contribution in [2.75, 3.05) is 0 Å². The average molecular weight is 360 g/mol. The second-order valence-corrected chi connectivity index (χ2v) is 7.14. The second-order valence-electron chi connectivity index (χ2n) is 5.32. The number of fused-ring (bicyclic) bond motifs is 2. The van der Waals surface area contributed by atoms with Crippen LogP contribution in [0.15, 0.2) is 52.3 Å². The summed E-state index contributed by atoms with van der Waals surface area (Å²) in [6, 6.07) is 14.5. The van der Waals surface area contributed by atoms with Crippen LogP contribution >= 0.6 is 27.3 Å². The van der Waals surface area contributed by atoms with Gasteiger partial charge in [0.15, 0.2) is 0 Å². The fourth-order valence-corrected chi connectivity index (χ4v) is 4.29. The van der Waals surface area contributed by atoms with Gasteiger partial charge >= 0.3 is 0 Å². The van der Waals surface area contributed by atoms with Gasteiger partial charge in [-0.2, -0.15) is 0 Å². The Hall–Kier alpha value is -1.36. The predicted molar refractivity (Wildman–Crippen MR) is 90.9 cm³/mol. The lowest BCUT2D eigenvalue weighted by Gasteiger charge is -2.30. The maximum absolute atomic E-state index is 6.36. The molecule has 2 atom stereocenters. The molecule has 3 aromatic rings. The van der Waals surface area contributed by atoms with Gasteiger partial charge in [-0.05, 0) is 35.0 Å². The minimum absolute atomic E-state index is 0.00918. The number of hydrogen-bond acceptors (Lipinski definition) is 3. The van der Waals surface area contributed by atoms with Crippen LogP contribution in [0.3, 0.4) is 0 Å². The van der Waals surface area contributed by atoms with E-state index in [0.717, 1.165) is 22.2 Å². The van der Waals surface area contributed by atoms with Gasteiger partial charge < -0.3 is 10.5 Å². The highest BCUT2D eigenvalue weighted by Crippen LogP contribution is 2.43. The van der Waals surface area contributed by atoms with Crippen molar-refractivity contribution in [3.05, 3.63) is 63.4 Å². The molecule has 0 spiro atoms. The molecule has 4 heteroatoms. The fraction of sp³-hybridized carbons (Fsp3) is 0.176. The Morgan fingerprint density at radius 2 is 2.00 bits per heavy atom. The quantitative estimate of drug-likeness (QED) is 0.648. The molecule has 0 fully saturated rings. The summed E-state index contributed by atoms with van der Waals surface area (Å²) in [5, 5.41) is 3.48. The summed E-state index contributed by atoms with van der Waals surface area (Å²) in [5.41, 5.74) is 8.69. The molecule has 1 aromatic heterocycles. The SMILES string of the molecule is N[C@@H]1CC(c2csc3ccccc23)Oc2ccc(Br)cc21. The first-order valence-electron chi connectivity index (χ1n) is 6.90. The molecular weight excluding hydrogens is 346 g/mol.